The second-order valence-electron chi connectivity index (χ2n) is 10.4. The van der Waals surface area contributed by atoms with Crippen LogP contribution in [0.2, 0.25) is 5.28 Å². The third kappa shape index (κ3) is 3.37. The van der Waals surface area contributed by atoms with Crippen molar-refractivity contribution in [3.05, 3.63) is 11.6 Å². The van der Waals surface area contributed by atoms with Gasteiger partial charge in [-0.05, 0) is 54.5 Å². The molecule has 0 spiro atoms. The van der Waals surface area contributed by atoms with Crippen LogP contribution in [0.4, 0.5) is 5.82 Å². The quantitative estimate of drug-likeness (QED) is 0.756. The maximum Gasteiger partial charge on any atom is 0.227 e. The number of H-pyrrole nitrogens is 1. The minimum atomic E-state index is 0.00141. The van der Waals surface area contributed by atoms with Crippen LogP contribution in [0.1, 0.15) is 52.9 Å². The Bertz CT molecular complexity index is 958. The molecule has 4 heterocycles. The van der Waals surface area contributed by atoms with Gasteiger partial charge >= 0.3 is 0 Å². The number of nitrogens with zero attached hydrogens (tertiary/aromatic N) is 5. The van der Waals surface area contributed by atoms with Gasteiger partial charge in [0.15, 0.2) is 11.5 Å². The van der Waals surface area contributed by atoms with Gasteiger partial charge in [0.1, 0.15) is 5.52 Å². The standard InChI is InChI=1S/C21H29ClN6O/c1-20(2)7-14-8-21(3,10-20)11-28(14)18(29)13-5-4-6-27(9-13)17-15-16(24-12-23-15)25-19(22)26-17/h12-14H,4-11H2,1-3H3,(H,23,24,25,26)/t13-,14+,21-/m1/s1. The van der Waals surface area contributed by atoms with Gasteiger partial charge in [-0.25, -0.2) is 4.98 Å². The van der Waals surface area contributed by atoms with Gasteiger partial charge in [-0.15, -0.1) is 0 Å². The van der Waals surface area contributed by atoms with Crippen molar-refractivity contribution >= 4 is 34.5 Å². The van der Waals surface area contributed by atoms with Gasteiger partial charge < -0.3 is 14.8 Å². The first-order valence-corrected chi connectivity index (χ1v) is 11.0. The molecule has 1 amide bonds. The van der Waals surface area contributed by atoms with E-state index in [0.29, 0.717) is 29.6 Å². The molecule has 1 N–H and O–H groups in total. The summed E-state index contributed by atoms with van der Waals surface area (Å²) in [7, 11) is 0. The predicted octanol–water partition coefficient (Wildman–Crippen LogP) is 3.65. The number of carbonyl (C=O) groups excluding carboxylic acids is 1. The van der Waals surface area contributed by atoms with Crippen molar-refractivity contribution in [3.8, 4) is 0 Å². The molecule has 3 atom stereocenters. The van der Waals surface area contributed by atoms with Gasteiger partial charge in [0.05, 0.1) is 12.2 Å². The van der Waals surface area contributed by atoms with Gasteiger partial charge in [-0.1, -0.05) is 20.8 Å². The fourth-order valence-electron chi connectivity index (χ4n) is 6.34. The number of carbonyl (C=O) groups is 1. The van der Waals surface area contributed by atoms with Crippen molar-refractivity contribution in [2.75, 3.05) is 24.5 Å². The van der Waals surface area contributed by atoms with Crippen molar-refractivity contribution in [2.24, 2.45) is 16.7 Å². The van der Waals surface area contributed by atoms with Crippen LogP contribution in [0.5, 0.6) is 0 Å². The topological polar surface area (TPSA) is 78.0 Å². The average molecular weight is 417 g/mol. The fourth-order valence-corrected chi connectivity index (χ4v) is 6.50. The molecular weight excluding hydrogens is 388 g/mol. The van der Waals surface area contributed by atoms with E-state index in [2.05, 4.69) is 50.5 Å². The van der Waals surface area contributed by atoms with E-state index in [-0.39, 0.29) is 16.6 Å². The number of hydrogen-bond donors (Lipinski definition) is 1. The lowest BCUT2D eigenvalue weighted by Gasteiger charge is -2.40. The second kappa shape index (κ2) is 6.56. The Balaban J connectivity index is 1.37. The summed E-state index contributed by atoms with van der Waals surface area (Å²) in [4.78, 5) is 33.9. The average Bonchev–Trinajstić information content (AvgIpc) is 3.21. The molecule has 0 radical (unpaired) electrons. The number of piperidine rings is 1. The molecule has 3 aliphatic rings. The number of amides is 1. The van der Waals surface area contributed by atoms with Crippen LogP contribution < -0.4 is 4.90 Å². The minimum Gasteiger partial charge on any atom is -0.354 e. The van der Waals surface area contributed by atoms with Gasteiger partial charge in [-0.3, -0.25) is 4.79 Å². The molecule has 2 aliphatic heterocycles. The Hall–Kier alpha value is -1.89. The minimum absolute atomic E-state index is 0.00141. The molecule has 156 valence electrons. The number of halogens is 1. The normalized spacial score (nSPS) is 31.4. The van der Waals surface area contributed by atoms with Crippen molar-refractivity contribution in [2.45, 2.75) is 58.9 Å². The number of fused-ring (bicyclic) bond motifs is 3. The highest BCUT2D eigenvalue weighted by atomic mass is 35.5. The summed E-state index contributed by atoms with van der Waals surface area (Å²) in [6, 6.07) is 0.388. The highest BCUT2D eigenvalue weighted by Gasteiger charge is 2.51. The SMILES string of the molecule is CC1(C)C[C@H]2C[C@@](C)(CN2C(=O)[C@@H]2CCCN(c3nc(Cl)nc4nc[nH]c34)C2)C1. The zero-order valence-electron chi connectivity index (χ0n) is 17.4. The van der Waals surface area contributed by atoms with Gasteiger partial charge in [0, 0.05) is 25.7 Å². The molecular formula is C21H29ClN6O. The first-order chi connectivity index (χ1) is 13.7. The Labute approximate surface area is 176 Å². The number of imidazole rings is 1. The summed E-state index contributed by atoms with van der Waals surface area (Å²) in [5, 5.41) is 0.191. The maximum atomic E-state index is 13.6. The highest BCUT2D eigenvalue weighted by Crippen LogP contribution is 2.52. The molecule has 5 rings (SSSR count). The van der Waals surface area contributed by atoms with E-state index < -0.39 is 0 Å². The second-order valence-corrected chi connectivity index (χ2v) is 10.7. The lowest BCUT2D eigenvalue weighted by molar-refractivity contribution is -0.137. The van der Waals surface area contributed by atoms with E-state index in [1.165, 1.54) is 6.42 Å². The maximum absolute atomic E-state index is 13.6. The molecule has 8 heteroatoms. The summed E-state index contributed by atoms with van der Waals surface area (Å²) >= 11 is 6.13. The lowest BCUT2D eigenvalue weighted by atomic mass is 9.65. The molecule has 2 aromatic rings. The summed E-state index contributed by atoms with van der Waals surface area (Å²) in [6.45, 7) is 9.49. The van der Waals surface area contributed by atoms with E-state index in [4.69, 9.17) is 11.6 Å². The summed E-state index contributed by atoms with van der Waals surface area (Å²) < 4.78 is 0. The molecule has 0 unspecified atom stereocenters. The molecule has 0 aromatic carbocycles. The Morgan fingerprint density at radius 1 is 1.28 bits per heavy atom. The number of nitrogens with one attached hydrogen (secondary N) is 1. The van der Waals surface area contributed by atoms with E-state index in [9.17, 15) is 4.79 Å². The smallest absolute Gasteiger partial charge is 0.227 e. The van der Waals surface area contributed by atoms with Gasteiger partial charge in [0.25, 0.3) is 0 Å². The zero-order chi connectivity index (χ0) is 20.4. The predicted molar refractivity (Wildman–Crippen MR) is 113 cm³/mol. The summed E-state index contributed by atoms with van der Waals surface area (Å²) in [5.74, 6) is 1.08. The Kier molecular flexibility index (Phi) is 4.32. The van der Waals surface area contributed by atoms with Crippen LogP contribution >= 0.6 is 11.6 Å². The summed E-state index contributed by atoms with van der Waals surface area (Å²) in [5.41, 5.74) is 1.93. The fraction of sp³-hybridized carbons (Fsp3) is 0.714. The lowest BCUT2D eigenvalue weighted by Crippen LogP contribution is -2.47. The van der Waals surface area contributed by atoms with Crippen LogP contribution in [-0.4, -0.2) is 56.4 Å². The molecule has 1 saturated carbocycles. The van der Waals surface area contributed by atoms with Crippen molar-refractivity contribution in [3.63, 3.8) is 0 Å². The van der Waals surface area contributed by atoms with Crippen molar-refractivity contribution in [1.29, 1.82) is 0 Å². The van der Waals surface area contributed by atoms with Crippen LogP contribution in [0.25, 0.3) is 11.2 Å². The van der Waals surface area contributed by atoms with Crippen LogP contribution in [0, 0.1) is 16.7 Å². The van der Waals surface area contributed by atoms with Gasteiger partial charge in [-0.2, -0.15) is 9.97 Å². The van der Waals surface area contributed by atoms with Crippen molar-refractivity contribution < 1.29 is 4.79 Å². The number of rotatable bonds is 2. The highest BCUT2D eigenvalue weighted by molar-refractivity contribution is 6.28. The first-order valence-electron chi connectivity index (χ1n) is 10.7. The molecule has 1 aliphatic carbocycles. The first kappa shape index (κ1) is 19.1. The number of likely N-dealkylation sites (tertiary alicyclic amines) is 1. The third-order valence-corrected chi connectivity index (χ3v) is 7.18. The monoisotopic (exact) mass is 416 g/mol. The van der Waals surface area contributed by atoms with E-state index >= 15 is 0 Å². The molecule has 2 aromatic heterocycles. The number of aromatic amines is 1. The number of anilines is 1. The van der Waals surface area contributed by atoms with Crippen LogP contribution in [0.3, 0.4) is 0 Å². The molecule has 2 saturated heterocycles. The number of hydrogen-bond acceptors (Lipinski definition) is 5. The Morgan fingerprint density at radius 3 is 2.93 bits per heavy atom. The Morgan fingerprint density at radius 2 is 2.10 bits per heavy atom. The molecule has 29 heavy (non-hydrogen) atoms. The van der Waals surface area contributed by atoms with Crippen LogP contribution in [0.15, 0.2) is 6.33 Å². The third-order valence-electron chi connectivity index (χ3n) is 7.01. The van der Waals surface area contributed by atoms with Crippen LogP contribution in [-0.2, 0) is 4.79 Å². The number of aromatic nitrogens is 4. The van der Waals surface area contributed by atoms with E-state index in [1.807, 2.05) is 0 Å². The summed E-state index contributed by atoms with van der Waals surface area (Å²) in [6.07, 6.45) is 6.97. The van der Waals surface area contributed by atoms with Gasteiger partial charge in [0.2, 0.25) is 11.2 Å². The molecule has 7 nitrogen and oxygen atoms in total. The zero-order valence-corrected chi connectivity index (χ0v) is 18.2. The largest absolute Gasteiger partial charge is 0.354 e. The van der Waals surface area contributed by atoms with Crippen molar-refractivity contribution in [1.82, 2.24) is 24.8 Å². The molecule has 2 bridgehead atoms. The van der Waals surface area contributed by atoms with E-state index in [1.54, 1.807) is 6.33 Å². The molecule has 3 fully saturated rings. The van der Waals surface area contributed by atoms with E-state index in [0.717, 1.165) is 50.1 Å².